The van der Waals surface area contributed by atoms with Crippen LogP contribution in [-0.4, -0.2) is 69.8 Å². The third kappa shape index (κ3) is 6.45. The van der Waals surface area contributed by atoms with Crippen molar-refractivity contribution in [1.29, 1.82) is 0 Å². The van der Waals surface area contributed by atoms with E-state index in [1.165, 1.54) is 23.5 Å². The van der Waals surface area contributed by atoms with Crippen LogP contribution < -0.4 is 10.6 Å². The van der Waals surface area contributed by atoms with Crippen molar-refractivity contribution < 1.29 is 19.8 Å². The summed E-state index contributed by atoms with van der Waals surface area (Å²) in [6, 6.07) is 7.38. The molecule has 0 saturated heterocycles. The smallest absolute Gasteiger partial charge is 0.230 e. The highest BCUT2D eigenvalue weighted by atomic mass is 32.2. The summed E-state index contributed by atoms with van der Waals surface area (Å²) < 4.78 is 0. The van der Waals surface area contributed by atoms with Crippen LogP contribution in [0.25, 0.3) is 11.0 Å². The Kier molecular flexibility index (Phi) is 8.62. The molecule has 0 radical (unpaired) electrons. The number of hydrogen-bond acceptors (Lipinski definition) is 8. The summed E-state index contributed by atoms with van der Waals surface area (Å²) in [4.78, 5) is 32.6. The number of nitrogens with one attached hydrogen (secondary N) is 2. The van der Waals surface area contributed by atoms with Crippen LogP contribution >= 0.6 is 23.5 Å². The van der Waals surface area contributed by atoms with Crippen LogP contribution in [0.5, 0.6) is 0 Å². The van der Waals surface area contributed by atoms with E-state index in [1.54, 1.807) is 0 Å². The normalized spacial score (nSPS) is 10.7. The van der Waals surface area contributed by atoms with Gasteiger partial charge in [-0.1, -0.05) is 35.7 Å². The van der Waals surface area contributed by atoms with Gasteiger partial charge in [-0.3, -0.25) is 9.59 Å². The number of aliphatic hydroxyl groups excluding tert-OH is 2. The Morgan fingerprint density at radius 2 is 1.27 bits per heavy atom. The molecule has 0 aliphatic rings. The lowest BCUT2D eigenvalue weighted by Gasteiger charge is -2.09. The van der Waals surface area contributed by atoms with Crippen LogP contribution in [-0.2, 0) is 9.59 Å². The van der Waals surface area contributed by atoms with Crippen LogP contribution in [0, 0.1) is 0 Å². The lowest BCUT2D eigenvalue weighted by atomic mass is 10.3. The maximum Gasteiger partial charge on any atom is 0.230 e. The summed E-state index contributed by atoms with van der Waals surface area (Å²) in [5, 5.41) is 23.8. The van der Waals surface area contributed by atoms with E-state index in [2.05, 4.69) is 20.6 Å². The SMILES string of the molecule is O=C(CSc1nc2ccccc2nc1SCC(=O)NCCO)NCCO. The van der Waals surface area contributed by atoms with Crippen LogP contribution in [0.2, 0.25) is 0 Å². The minimum absolute atomic E-state index is 0.115. The lowest BCUT2D eigenvalue weighted by molar-refractivity contribution is -0.119. The predicted molar refractivity (Wildman–Crippen MR) is 101 cm³/mol. The Labute approximate surface area is 159 Å². The molecule has 10 heteroatoms. The molecule has 0 atom stereocenters. The summed E-state index contributed by atoms with van der Waals surface area (Å²) in [5.41, 5.74) is 1.42. The molecule has 140 valence electrons. The Morgan fingerprint density at radius 3 is 1.65 bits per heavy atom. The molecule has 1 aromatic heterocycles. The summed E-state index contributed by atoms with van der Waals surface area (Å²) in [6.45, 7) is 0.178. The highest BCUT2D eigenvalue weighted by Crippen LogP contribution is 2.29. The summed E-state index contributed by atoms with van der Waals surface area (Å²) in [6.07, 6.45) is 0. The molecular formula is C16H20N4O4S2. The monoisotopic (exact) mass is 396 g/mol. The number of fused-ring (bicyclic) bond motifs is 1. The van der Waals surface area contributed by atoms with E-state index in [-0.39, 0.29) is 49.6 Å². The Bertz CT molecular complexity index is 698. The van der Waals surface area contributed by atoms with Gasteiger partial charge < -0.3 is 20.8 Å². The number of rotatable bonds is 10. The topological polar surface area (TPSA) is 124 Å². The molecule has 2 rings (SSSR count). The van der Waals surface area contributed by atoms with Crippen molar-refractivity contribution in [3.8, 4) is 0 Å². The van der Waals surface area contributed by atoms with Crippen LogP contribution in [0.4, 0.5) is 0 Å². The molecule has 4 N–H and O–H groups in total. The predicted octanol–water partition coefficient (Wildman–Crippen LogP) is 0.0310. The second-order valence-corrected chi connectivity index (χ2v) is 6.98. The first-order chi connectivity index (χ1) is 12.6. The first-order valence-electron chi connectivity index (χ1n) is 7.91. The van der Waals surface area contributed by atoms with E-state index >= 15 is 0 Å². The van der Waals surface area contributed by atoms with Gasteiger partial charge in [0.05, 0.1) is 35.8 Å². The van der Waals surface area contributed by atoms with Gasteiger partial charge >= 0.3 is 0 Å². The number of hydrogen-bond donors (Lipinski definition) is 4. The number of aromatic nitrogens is 2. The number of para-hydroxylation sites is 2. The molecule has 2 amide bonds. The van der Waals surface area contributed by atoms with Gasteiger partial charge in [-0.25, -0.2) is 9.97 Å². The van der Waals surface area contributed by atoms with E-state index in [9.17, 15) is 9.59 Å². The highest BCUT2D eigenvalue weighted by Gasteiger charge is 2.14. The minimum atomic E-state index is -0.212. The fourth-order valence-electron chi connectivity index (χ4n) is 1.92. The standard InChI is InChI=1S/C16H20N4O4S2/c21-7-5-17-13(23)9-25-15-16(26-10-14(24)18-6-8-22)20-12-4-2-1-3-11(12)19-15/h1-4,21-22H,5-10H2,(H,17,23)(H,18,24). The molecule has 0 saturated carbocycles. The van der Waals surface area contributed by atoms with Crippen molar-refractivity contribution in [2.45, 2.75) is 10.1 Å². The Morgan fingerprint density at radius 1 is 0.846 bits per heavy atom. The van der Waals surface area contributed by atoms with E-state index in [1.807, 2.05) is 24.3 Å². The number of carbonyl (C=O) groups excluding carboxylic acids is 2. The van der Waals surface area contributed by atoms with Gasteiger partial charge in [0.15, 0.2) is 0 Å². The third-order valence-corrected chi connectivity index (χ3v) is 5.11. The first-order valence-corrected chi connectivity index (χ1v) is 9.88. The number of amides is 2. The van der Waals surface area contributed by atoms with Gasteiger partial charge in [0, 0.05) is 13.1 Å². The maximum atomic E-state index is 11.7. The molecule has 1 aromatic carbocycles. The minimum Gasteiger partial charge on any atom is -0.395 e. The molecule has 0 aliphatic carbocycles. The molecule has 1 heterocycles. The van der Waals surface area contributed by atoms with E-state index in [4.69, 9.17) is 10.2 Å². The molecule has 0 unspecified atom stereocenters. The number of carbonyl (C=O) groups is 2. The number of thioether (sulfide) groups is 2. The van der Waals surface area contributed by atoms with Gasteiger partial charge in [0.1, 0.15) is 10.1 Å². The molecule has 0 bridgehead atoms. The second kappa shape index (κ2) is 11.0. The van der Waals surface area contributed by atoms with E-state index < -0.39 is 0 Å². The fraction of sp³-hybridized carbons (Fsp3) is 0.375. The largest absolute Gasteiger partial charge is 0.395 e. The molecular weight excluding hydrogens is 376 g/mol. The van der Waals surface area contributed by atoms with E-state index in [0.717, 1.165) is 0 Å². The molecule has 0 fully saturated rings. The van der Waals surface area contributed by atoms with E-state index in [0.29, 0.717) is 21.1 Å². The number of aliphatic hydroxyl groups is 2. The second-order valence-electron chi connectivity index (χ2n) is 5.05. The zero-order valence-electron chi connectivity index (χ0n) is 14.0. The van der Waals surface area contributed by atoms with Gasteiger partial charge in [-0.2, -0.15) is 0 Å². The zero-order valence-corrected chi connectivity index (χ0v) is 15.6. The van der Waals surface area contributed by atoms with Crippen LogP contribution in [0.1, 0.15) is 0 Å². The molecule has 26 heavy (non-hydrogen) atoms. The maximum absolute atomic E-state index is 11.7. The molecule has 0 aliphatic heterocycles. The fourth-order valence-corrected chi connectivity index (χ4v) is 3.67. The molecule has 8 nitrogen and oxygen atoms in total. The number of nitrogens with zero attached hydrogens (tertiary/aromatic N) is 2. The quantitative estimate of drug-likeness (QED) is 0.415. The summed E-state index contributed by atoms with van der Waals surface area (Å²) >= 11 is 2.46. The van der Waals surface area contributed by atoms with Gasteiger partial charge in [-0.15, -0.1) is 0 Å². The van der Waals surface area contributed by atoms with Crippen LogP contribution in [0.3, 0.4) is 0 Å². The zero-order chi connectivity index (χ0) is 18.8. The van der Waals surface area contributed by atoms with Crippen molar-refractivity contribution in [3.63, 3.8) is 0 Å². The Balaban J connectivity index is 2.11. The van der Waals surface area contributed by atoms with Crippen molar-refractivity contribution >= 4 is 46.4 Å². The average Bonchev–Trinajstić information content (AvgIpc) is 2.66. The highest BCUT2D eigenvalue weighted by molar-refractivity contribution is 8.02. The van der Waals surface area contributed by atoms with Crippen molar-refractivity contribution in [3.05, 3.63) is 24.3 Å². The van der Waals surface area contributed by atoms with Gasteiger partial charge in [0.2, 0.25) is 11.8 Å². The molecule has 2 aromatic rings. The van der Waals surface area contributed by atoms with Gasteiger partial charge in [-0.05, 0) is 12.1 Å². The third-order valence-electron chi connectivity index (χ3n) is 3.06. The molecule has 0 spiro atoms. The van der Waals surface area contributed by atoms with Gasteiger partial charge in [0.25, 0.3) is 0 Å². The van der Waals surface area contributed by atoms with Crippen molar-refractivity contribution in [2.75, 3.05) is 37.8 Å². The lowest BCUT2D eigenvalue weighted by Crippen LogP contribution is -2.28. The van der Waals surface area contributed by atoms with Crippen LogP contribution in [0.15, 0.2) is 34.3 Å². The summed E-state index contributed by atoms with van der Waals surface area (Å²) in [7, 11) is 0. The average molecular weight is 396 g/mol. The number of benzene rings is 1. The Hall–Kier alpha value is -1.88. The van der Waals surface area contributed by atoms with Crippen molar-refractivity contribution in [2.24, 2.45) is 0 Å². The van der Waals surface area contributed by atoms with Crippen molar-refractivity contribution in [1.82, 2.24) is 20.6 Å². The summed E-state index contributed by atoms with van der Waals surface area (Å²) in [5.74, 6) is -0.152. The first kappa shape index (κ1) is 20.4.